The molecule has 1 amide bonds. The Hall–Kier alpha value is -2.49. The quantitative estimate of drug-likeness (QED) is 0.666. The molecule has 0 aliphatic carbocycles. The summed E-state index contributed by atoms with van der Waals surface area (Å²) in [6.45, 7) is 5.05. The van der Waals surface area contributed by atoms with Crippen molar-refractivity contribution in [1.29, 1.82) is 0 Å². The molecule has 0 aromatic heterocycles. The standard InChI is InChI=1S/C23H22FN2O2P/c1-14-4-2-5-15-18(25-19-7-3-6-17(24)21(19)29)9-8-16(20(14)15)22(27)26-10-23(11-26)12-28-13-23/h2-9,25H,10-13,29H2,1H3. The highest BCUT2D eigenvalue weighted by Gasteiger charge is 2.50. The molecule has 1 atom stereocenters. The topological polar surface area (TPSA) is 41.6 Å². The predicted octanol–water partition coefficient (Wildman–Crippen LogP) is 4.00. The maximum absolute atomic E-state index is 13.9. The minimum absolute atomic E-state index is 0.0610. The second-order valence-electron chi connectivity index (χ2n) is 8.14. The molecular formula is C23H22FN2O2P. The molecule has 6 heteroatoms. The summed E-state index contributed by atoms with van der Waals surface area (Å²) in [6, 6.07) is 14.7. The number of benzene rings is 3. The molecule has 5 rings (SSSR count). The predicted molar refractivity (Wildman–Crippen MR) is 117 cm³/mol. The summed E-state index contributed by atoms with van der Waals surface area (Å²) in [4.78, 5) is 15.1. The molecule has 0 saturated carbocycles. The van der Waals surface area contributed by atoms with Crippen LogP contribution in [0.3, 0.4) is 0 Å². The molecule has 29 heavy (non-hydrogen) atoms. The average Bonchev–Trinajstić information content (AvgIpc) is 2.63. The van der Waals surface area contributed by atoms with Gasteiger partial charge in [-0.3, -0.25) is 4.79 Å². The number of nitrogens with one attached hydrogen (secondary N) is 1. The zero-order valence-corrected chi connectivity index (χ0v) is 17.3. The van der Waals surface area contributed by atoms with Crippen LogP contribution < -0.4 is 10.6 Å². The van der Waals surface area contributed by atoms with E-state index in [1.165, 1.54) is 6.07 Å². The lowest BCUT2D eigenvalue weighted by Gasteiger charge is -2.55. The van der Waals surface area contributed by atoms with Gasteiger partial charge in [-0.15, -0.1) is 9.24 Å². The van der Waals surface area contributed by atoms with Crippen LogP contribution in [0.2, 0.25) is 0 Å². The lowest BCUT2D eigenvalue weighted by Crippen LogP contribution is -2.67. The van der Waals surface area contributed by atoms with Crippen LogP contribution in [0.4, 0.5) is 15.8 Å². The Bertz CT molecular complexity index is 1140. The average molecular weight is 408 g/mol. The van der Waals surface area contributed by atoms with E-state index in [4.69, 9.17) is 4.74 Å². The third-order valence-corrected chi connectivity index (χ3v) is 6.54. The molecule has 3 aromatic carbocycles. The SMILES string of the molecule is Cc1cccc2c(Nc3cccc(F)c3P)ccc(C(=O)N3CC4(COC4)C3)c12. The molecule has 2 fully saturated rings. The number of fused-ring (bicyclic) bond motifs is 1. The van der Waals surface area contributed by atoms with Crippen molar-refractivity contribution in [3.05, 3.63) is 65.5 Å². The smallest absolute Gasteiger partial charge is 0.254 e. The Kier molecular flexibility index (Phi) is 4.34. The van der Waals surface area contributed by atoms with E-state index in [0.717, 1.165) is 48.3 Å². The van der Waals surface area contributed by atoms with E-state index >= 15 is 0 Å². The van der Waals surface area contributed by atoms with Crippen molar-refractivity contribution in [1.82, 2.24) is 4.90 Å². The summed E-state index contributed by atoms with van der Waals surface area (Å²) < 4.78 is 19.3. The molecule has 2 heterocycles. The third kappa shape index (κ3) is 3.00. The first kappa shape index (κ1) is 18.5. The van der Waals surface area contributed by atoms with Crippen LogP contribution in [0.5, 0.6) is 0 Å². The van der Waals surface area contributed by atoms with Crippen LogP contribution in [0.25, 0.3) is 10.8 Å². The van der Waals surface area contributed by atoms with Gasteiger partial charge in [-0.1, -0.05) is 24.3 Å². The summed E-state index contributed by atoms with van der Waals surface area (Å²) in [5, 5.41) is 5.71. The molecule has 1 unspecified atom stereocenters. The highest BCUT2D eigenvalue weighted by Crippen LogP contribution is 2.39. The summed E-state index contributed by atoms with van der Waals surface area (Å²) >= 11 is 0. The number of anilines is 2. The molecule has 0 radical (unpaired) electrons. The Morgan fingerprint density at radius 3 is 2.59 bits per heavy atom. The molecule has 3 aromatic rings. The van der Waals surface area contributed by atoms with Crippen molar-refractivity contribution in [2.45, 2.75) is 6.92 Å². The van der Waals surface area contributed by atoms with Gasteiger partial charge < -0.3 is 15.0 Å². The number of halogens is 1. The Balaban J connectivity index is 1.53. The van der Waals surface area contributed by atoms with E-state index < -0.39 is 0 Å². The van der Waals surface area contributed by atoms with Crippen LogP contribution in [0.1, 0.15) is 15.9 Å². The van der Waals surface area contributed by atoms with Gasteiger partial charge in [-0.05, 0) is 42.1 Å². The maximum atomic E-state index is 13.9. The molecule has 0 bridgehead atoms. The fraction of sp³-hybridized carbons (Fsp3) is 0.261. The maximum Gasteiger partial charge on any atom is 0.254 e. The van der Waals surface area contributed by atoms with E-state index in [0.29, 0.717) is 16.6 Å². The van der Waals surface area contributed by atoms with Crippen LogP contribution in [0, 0.1) is 18.2 Å². The molecule has 2 aliphatic rings. The molecule has 1 spiro atoms. The van der Waals surface area contributed by atoms with Crippen LogP contribution in [-0.2, 0) is 4.74 Å². The number of amides is 1. The first-order valence-electron chi connectivity index (χ1n) is 9.68. The number of carbonyl (C=O) groups is 1. The molecule has 1 N–H and O–H groups in total. The minimum atomic E-state index is -0.279. The largest absolute Gasteiger partial charge is 0.380 e. The number of carbonyl (C=O) groups excluding carboxylic acids is 1. The zero-order valence-electron chi connectivity index (χ0n) is 16.2. The van der Waals surface area contributed by atoms with Gasteiger partial charge in [0.1, 0.15) is 5.82 Å². The van der Waals surface area contributed by atoms with Crippen molar-refractivity contribution in [3.8, 4) is 0 Å². The zero-order chi connectivity index (χ0) is 20.2. The van der Waals surface area contributed by atoms with Crippen molar-refractivity contribution in [2.24, 2.45) is 5.41 Å². The number of ether oxygens (including phenoxy) is 1. The van der Waals surface area contributed by atoms with Crippen LogP contribution in [0.15, 0.2) is 48.5 Å². The van der Waals surface area contributed by atoms with E-state index in [9.17, 15) is 9.18 Å². The molecule has 4 nitrogen and oxygen atoms in total. The van der Waals surface area contributed by atoms with Gasteiger partial charge in [0.15, 0.2) is 0 Å². The van der Waals surface area contributed by atoms with Crippen molar-refractivity contribution >= 4 is 42.6 Å². The van der Waals surface area contributed by atoms with Gasteiger partial charge in [-0.25, -0.2) is 4.39 Å². The number of hydrogen-bond donors (Lipinski definition) is 1. The van der Waals surface area contributed by atoms with E-state index in [-0.39, 0.29) is 17.1 Å². The lowest BCUT2D eigenvalue weighted by molar-refractivity contribution is -0.176. The number of likely N-dealkylation sites (tertiary alicyclic amines) is 1. The Morgan fingerprint density at radius 2 is 1.86 bits per heavy atom. The van der Waals surface area contributed by atoms with Gasteiger partial charge in [0, 0.05) is 40.7 Å². The van der Waals surface area contributed by atoms with E-state index in [2.05, 4.69) is 14.6 Å². The normalized spacial score (nSPS) is 17.1. The summed E-state index contributed by atoms with van der Waals surface area (Å²) in [6.07, 6.45) is 0. The fourth-order valence-electron chi connectivity index (χ4n) is 4.32. The second kappa shape index (κ2) is 6.79. The van der Waals surface area contributed by atoms with Gasteiger partial charge in [0.05, 0.1) is 18.6 Å². The molecular weight excluding hydrogens is 386 g/mol. The molecule has 2 aliphatic heterocycles. The fourth-order valence-corrected chi connectivity index (χ4v) is 4.58. The van der Waals surface area contributed by atoms with Crippen LogP contribution in [-0.4, -0.2) is 37.1 Å². The summed E-state index contributed by atoms with van der Waals surface area (Å²) in [5.41, 5.74) is 3.48. The number of hydrogen-bond acceptors (Lipinski definition) is 3. The highest BCUT2D eigenvalue weighted by molar-refractivity contribution is 7.28. The van der Waals surface area contributed by atoms with Crippen molar-refractivity contribution in [2.75, 3.05) is 31.6 Å². The lowest BCUT2D eigenvalue weighted by atomic mass is 9.77. The number of nitrogens with zero attached hydrogens (tertiary/aromatic N) is 1. The number of aryl methyl sites for hydroxylation is 1. The van der Waals surface area contributed by atoms with Gasteiger partial charge in [-0.2, -0.15) is 0 Å². The van der Waals surface area contributed by atoms with E-state index in [1.54, 1.807) is 6.07 Å². The van der Waals surface area contributed by atoms with Gasteiger partial charge in [0.2, 0.25) is 0 Å². The summed E-state index contributed by atoms with van der Waals surface area (Å²) in [7, 11) is 2.44. The summed E-state index contributed by atoms with van der Waals surface area (Å²) in [5.74, 6) is -0.218. The first-order chi connectivity index (χ1) is 14.0. The Morgan fingerprint density at radius 1 is 1.10 bits per heavy atom. The highest BCUT2D eigenvalue weighted by atomic mass is 31.0. The van der Waals surface area contributed by atoms with Crippen LogP contribution >= 0.6 is 9.24 Å². The van der Waals surface area contributed by atoms with Gasteiger partial charge >= 0.3 is 0 Å². The van der Waals surface area contributed by atoms with Crippen molar-refractivity contribution < 1.29 is 13.9 Å². The Labute approximate surface area is 171 Å². The molecule has 148 valence electrons. The monoisotopic (exact) mass is 408 g/mol. The minimum Gasteiger partial charge on any atom is -0.380 e. The van der Waals surface area contributed by atoms with Crippen molar-refractivity contribution in [3.63, 3.8) is 0 Å². The first-order valence-corrected chi connectivity index (χ1v) is 10.3. The number of rotatable bonds is 3. The third-order valence-electron chi connectivity index (χ3n) is 5.96. The van der Waals surface area contributed by atoms with Gasteiger partial charge in [0.25, 0.3) is 5.91 Å². The van der Waals surface area contributed by atoms with E-state index in [1.807, 2.05) is 48.2 Å². The second-order valence-corrected chi connectivity index (χ2v) is 8.72. The molecule has 2 saturated heterocycles.